The number of carbonyl (C=O) groups excluding carboxylic acids is 2. The first kappa shape index (κ1) is 20.0. The molecule has 0 aliphatic carbocycles. The molecule has 0 unspecified atom stereocenters. The van der Waals surface area contributed by atoms with Crippen molar-refractivity contribution in [3.63, 3.8) is 0 Å². The topological polar surface area (TPSA) is 64.6 Å². The highest BCUT2D eigenvalue weighted by atomic mass is 127. The summed E-state index contributed by atoms with van der Waals surface area (Å²) < 4.78 is 11.0. The second kappa shape index (κ2) is 9.32. The minimum atomic E-state index is -0.811. The Labute approximate surface area is 155 Å². The Balaban J connectivity index is 2.77. The molecule has 128 valence electrons. The van der Waals surface area contributed by atoms with Crippen molar-refractivity contribution in [1.82, 2.24) is 5.32 Å². The average molecular weight is 454 g/mol. The number of alkyl carbamates (subject to hydrolysis) is 1. The Morgan fingerprint density at radius 3 is 2.39 bits per heavy atom. The van der Waals surface area contributed by atoms with Gasteiger partial charge in [-0.1, -0.05) is 46.3 Å². The molecule has 1 rings (SSSR count). The van der Waals surface area contributed by atoms with Gasteiger partial charge in [-0.15, -0.1) is 0 Å². The van der Waals surface area contributed by atoms with Crippen LogP contribution in [0.15, 0.2) is 24.3 Å². The molecule has 0 spiro atoms. The molecule has 5 nitrogen and oxygen atoms in total. The van der Waals surface area contributed by atoms with Crippen LogP contribution in [-0.4, -0.2) is 34.7 Å². The molecule has 0 bridgehead atoms. The molecule has 0 radical (unpaired) electrons. The average Bonchev–Trinajstić information content (AvgIpc) is 2.44. The van der Waals surface area contributed by atoms with Gasteiger partial charge in [0.2, 0.25) is 0 Å². The Kier molecular flexibility index (Phi) is 8.11. The fourth-order valence-electron chi connectivity index (χ4n) is 1.74. The molecular formula is C16H21ClINO4. The molecule has 1 atom stereocenters. The third-order valence-electron chi connectivity index (χ3n) is 2.65. The van der Waals surface area contributed by atoms with Crippen molar-refractivity contribution < 1.29 is 19.1 Å². The van der Waals surface area contributed by atoms with Crippen LogP contribution < -0.4 is 5.32 Å². The predicted octanol–water partition coefficient (Wildman–Crippen LogP) is 3.75. The standard InChI is InChI=1S/C16H21ClINO4/c1-16(2,3)23-15(21)19-13(14(20)22-9-8-18)10-11-4-6-12(17)7-5-11/h4-7,13H,8-10H2,1-3H3,(H,19,21)/t13-/m1/s1. The first-order valence-corrected chi connectivity index (χ1v) is 9.08. The maximum absolute atomic E-state index is 12.2. The molecule has 1 aromatic rings. The Morgan fingerprint density at radius 2 is 1.87 bits per heavy atom. The Bertz CT molecular complexity index is 528. The SMILES string of the molecule is CC(C)(C)OC(=O)N[C@H](Cc1ccc(Cl)cc1)C(=O)OCCI. The summed E-state index contributed by atoms with van der Waals surface area (Å²) in [6.07, 6.45) is -0.348. The quantitative estimate of drug-likeness (QED) is 0.405. The van der Waals surface area contributed by atoms with Crippen LogP contribution in [0.3, 0.4) is 0 Å². The summed E-state index contributed by atoms with van der Waals surface area (Å²) >= 11 is 7.96. The fraction of sp³-hybridized carbons (Fsp3) is 0.500. The Hall–Kier alpha value is -1.02. The van der Waals surface area contributed by atoms with Crippen LogP contribution in [0.5, 0.6) is 0 Å². The summed E-state index contributed by atoms with van der Waals surface area (Å²) in [5, 5.41) is 3.18. The van der Waals surface area contributed by atoms with E-state index in [-0.39, 0.29) is 0 Å². The van der Waals surface area contributed by atoms with Crippen molar-refractivity contribution in [2.45, 2.75) is 38.8 Å². The molecule has 7 heteroatoms. The van der Waals surface area contributed by atoms with E-state index >= 15 is 0 Å². The number of carbonyl (C=O) groups is 2. The number of amides is 1. The van der Waals surface area contributed by atoms with E-state index in [9.17, 15) is 9.59 Å². The van der Waals surface area contributed by atoms with E-state index in [0.717, 1.165) is 5.56 Å². The highest BCUT2D eigenvalue weighted by Crippen LogP contribution is 2.13. The van der Waals surface area contributed by atoms with Crippen molar-refractivity contribution in [3.8, 4) is 0 Å². The van der Waals surface area contributed by atoms with Gasteiger partial charge in [-0.25, -0.2) is 9.59 Å². The van der Waals surface area contributed by atoms with Gasteiger partial charge in [0.05, 0.1) is 0 Å². The summed E-state index contributed by atoms with van der Waals surface area (Å²) in [7, 11) is 0. The van der Waals surface area contributed by atoms with Crippen LogP contribution in [0, 0.1) is 0 Å². The third kappa shape index (κ3) is 8.41. The van der Waals surface area contributed by atoms with Gasteiger partial charge < -0.3 is 14.8 Å². The zero-order valence-electron chi connectivity index (χ0n) is 13.4. The third-order valence-corrected chi connectivity index (χ3v) is 3.34. The number of benzene rings is 1. The first-order valence-electron chi connectivity index (χ1n) is 7.18. The smallest absolute Gasteiger partial charge is 0.408 e. The number of rotatable bonds is 6. The fourth-order valence-corrected chi connectivity index (χ4v) is 2.09. The van der Waals surface area contributed by atoms with E-state index in [1.807, 2.05) is 0 Å². The van der Waals surface area contributed by atoms with Crippen LogP contribution in [0.2, 0.25) is 5.02 Å². The van der Waals surface area contributed by atoms with Gasteiger partial charge in [-0.2, -0.15) is 0 Å². The largest absolute Gasteiger partial charge is 0.463 e. The van der Waals surface area contributed by atoms with Gasteiger partial charge in [0, 0.05) is 15.9 Å². The summed E-state index contributed by atoms with van der Waals surface area (Å²) in [6, 6.07) is 6.26. The monoisotopic (exact) mass is 453 g/mol. The van der Waals surface area contributed by atoms with Crippen molar-refractivity contribution >= 4 is 46.3 Å². The normalized spacial score (nSPS) is 12.4. The number of hydrogen-bond donors (Lipinski definition) is 1. The molecule has 23 heavy (non-hydrogen) atoms. The lowest BCUT2D eigenvalue weighted by molar-refractivity contribution is -0.145. The molecular weight excluding hydrogens is 433 g/mol. The van der Waals surface area contributed by atoms with E-state index in [4.69, 9.17) is 21.1 Å². The van der Waals surface area contributed by atoms with Crippen molar-refractivity contribution in [2.24, 2.45) is 0 Å². The van der Waals surface area contributed by atoms with E-state index in [0.29, 0.717) is 22.5 Å². The molecule has 1 amide bonds. The highest BCUT2D eigenvalue weighted by Gasteiger charge is 2.25. The number of hydrogen-bond acceptors (Lipinski definition) is 4. The molecule has 0 aliphatic heterocycles. The van der Waals surface area contributed by atoms with Crippen LogP contribution in [0.25, 0.3) is 0 Å². The number of esters is 1. The number of alkyl halides is 1. The summed E-state index contributed by atoms with van der Waals surface area (Å²) in [5.74, 6) is -0.484. The minimum absolute atomic E-state index is 0.298. The lowest BCUT2D eigenvalue weighted by Gasteiger charge is -2.23. The number of nitrogens with one attached hydrogen (secondary N) is 1. The molecule has 1 N–H and O–H groups in total. The molecule has 0 heterocycles. The van der Waals surface area contributed by atoms with E-state index in [2.05, 4.69) is 27.9 Å². The van der Waals surface area contributed by atoms with Crippen LogP contribution in [-0.2, 0) is 20.7 Å². The lowest BCUT2D eigenvalue weighted by Crippen LogP contribution is -2.45. The van der Waals surface area contributed by atoms with Crippen LogP contribution in [0.4, 0.5) is 4.79 Å². The first-order chi connectivity index (χ1) is 10.7. The Morgan fingerprint density at radius 1 is 1.26 bits per heavy atom. The number of halogens is 2. The van der Waals surface area contributed by atoms with Crippen molar-refractivity contribution in [2.75, 3.05) is 11.0 Å². The van der Waals surface area contributed by atoms with Crippen LogP contribution in [0.1, 0.15) is 26.3 Å². The van der Waals surface area contributed by atoms with Gasteiger partial charge in [-0.05, 0) is 38.5 Å². The lowest BCUT2D eigenvalue weighted by atomic mass is 10.1. The molecule has 0 aromatic heterocycles. The van der Waals surface area contributed by atoms with Crippen molar-refractivity contribution in [1.29, 1.82) is 0 Å². The molecule has 0 saturated carbocycles. The number of ether oxygens (including phenoxy) is 2. The molecule has 0 fully saturated rings. The van der Waals surface area contributed by atoms with Gasteiger partial charge in [0.15, 0.2) is 0 Å². The molecule has 1 aromatic carbocycles. The van der Waals surface area contributed by atoms with Gasteiger partial charge in [0.1, 0.15) is 18.2 Å². The van der Waals surface area contributed by atoms with E-state index in [1.54, 1.807) is 45.0 Å². The minimum Gasteiger partial charge on any atom is -0.463 e. The highest BCUT2D eigenvalue weighted by molar-refractivity contribution is 14.1. The van der Waals surface area contributed by atoms with Gasteiger partial charge >= 0.3 is 12.1 Å². The van der Waals surface area contributed by atoms with Gasteiger partial charge in [0.25, 0.3) is 0 Å². The zero-order valence-corrected chi connectivity index (χ0v) is 16.3. The summed E-state index contributed by atoms with van der Waals surface area (Å²) in [4.78, 5) is 24.1. The van der Waals surface area contributed by atoms with Gasteiger partial charge in [-0.3, -0.25) is 0 Å². The van der Waals surface area contributed by atoms with Crippen molar-refractivity contribution in [3.05, 3.63) is 34.9 Å². The zero-order chi connectivity index (χ0) is 17.5. The second-order valence-electron chi connectivity index (χ2n) is 5.89. The van der Waals surface area contributed by atoms with E-state index < -0.39 is 23.7 Å². The summed E-state index contributed by atoms with van der Waals surface area (Å²) in [5.41, 5.74) is 0.225. The second-order valence-corrected chi connectivity index (χ2v) is 7.40. The van der Waals surface area contributed by atoms with Crippen LogP contribution >= 0.6 is 34.2 Å². The summed E-state index contributed by atoms with van der Waals surface area (Å²) in [6.45, 7) is 5.58. The predicted molar refractivity (Wildman–Crippen MR) is 98.2 cm³/mol. The molecule has 0 aliphatic rings. The maximum atomic E-state index is 12.2. The molecule has 0 saturated heterocycles. The maximum Gasteiger partial charge on any atom is 0.408 e. The van der Waals surface area contributed by atoms with E-state index in [1.165, 1.54) is 0 Å².